The lowest BCUT2D eigenvalue weighted by atomic mass is 10.2. The van der Waals surface area contributed by atoms with E-state index in [0.717, 1.165) is 0 Å². The van der Waals surface area contributed by atoms with E-state index in [1.165, 1.54) is 0 Å². The molecule has 1 atom stereocenters. The molecule has 0 aliphatic carbocycles. The third kappa shape index (κ3) is 3.42. The molecule has 60 valence electrons. The molecule has 4 heteroatoms. The van der Waals surface area contributed by atoms with Crippen molar-refractivity contribution in [2.24, 2.45) is 0 Å². The Balaban J connectivity index is 3.72. The minimum absolute atomic E-state index is 0.463. The molecule has 0 aromatic carbocycles. The van der Waals surface area contributed by atoms with Crippen LogP contribution in [0.5, 0.6) is 0 Å². The summed E-state index contributed by atoms with van der Waals surface area (Å²) in [5, 5.41) is 10.2. The second kappa shape index (κ2) is 4.24. The van der Waals surface area contributed by atoms with Crippen LogP contribution in [0, 0.1) is 0 Å². The highest BCUT2D eigenvalue weighted by Gasteiger charge is 2.13. The van der Waals surface area contributed by atoms with E-state index in [2.05, 4.69) is 5.43 Å². The van der Waals surface area contributed by atoms with E-state index in [4.69, 9.17) is 5.11 Å². The molecule has 0 aromatic heterocycles. The van der Waals surface area contributed by atoms with Crippen molar-refractivity contribution in [3.05, 3.63) is 0 Å². The first-order chi connectivity index (χ1) is 4.57. The Kier molecular flexibility index (Phi) is 3.99. The third-order valence-electron chi connectivity index (χ3n) is 1.12. The number of nitrogens with one attached hydrogen (secondary N) is 1. The Morgan fingerprint density at radius 3 is 2.30 bits per heavy atom. The van der Waals surface area contributed by atoms with Crippen LogP contribution in [0.4, 0.5) is 0 Å². The molecule has 0 amide bonds. The highest BCUT2D eigenvalue weighted by Crippen LogP contribution is 1.89. The van der Waals surface area contributed by atoms with Crippen molar-refractivity contribution in [2.75, 3.05) is 14.1 Å². The van der Waals surface area contributed by atoms with Crippen LogP contribution in [0.3, 0.4) is 0 Å². The summed E-state index contributed by atoms with van der Waals surface area (Å²) < 4.78 is 0. The maximum Gasteiger partial charge on any atom is 0.322 e. The summed E-state index contributed by atoms with van der Waals surface area (Å²) >= 11 is 0. The summed E-state index contributed by atoms with van der Waals surface area (Å²) in [4.78, 5) is 10.4. The SMILES string of the molecule is CCC(NN(C)C)C(=O)O. The molecule has 0 fully saturated rings. The van der Waals surface area contributed by atoms with E-state index in [1.807, 2.05) is 6.92 Å². The first kappa shape index (κ1) is 9.39. The summed E-state index contributed by atoms with van der Waals surface area (Å²) in [6.45, 7) is 1.83. The molecule has 0 aliphatic heterocycles. The molecule has 0 saturated heterocycles. The highest BCUT2D eigenvalue weighted by atomic mass is 16.4. The van der Waals surface area contributed by atoms with Gasteiger partial charge in [0.15, 0.2) is 0 Å². The standard InChI is InChI=1S/C6H14N2O2/c1-4-5(6(9)10)7-8(2)3/h5,7H,4H2,1-3H3,(H,9,10). The first-order valence-corrected chi connectivity index (χ1v) is 3.24. The maximum atomic E-state index is 10.4. The van der Waals surface area contributed by atoms with E-state index < -0.39 is 12.0 Å². The summed E-state index contributed by atoms with van der Waals surface area (Å²) in [5.41, 5.74) is 2.76. The van der Waals surface area contributed by atoms with Crippen molar-refractivity contribution in [1.29, 1.82) is 0 Å². The normalized spacial score (nSPS) is 13.6. The number of carboxylic acids is 1. The molecular formula is C6H14N2O2. The molecule has 0 spiro atoms. The Morgan fingerprint density at radius 2 is 2.20 bits per heavy atom. The smallest absolute Gasteiger partial charge is 0.322 e. The molecule has 0 rings (SSSR count). The van der Waals surface area contributed by atoms with Crippen LogP contribution >= 0.6 is 0 Å². The molecule has 0 radical (unpaired) electrons. The summed E-state index contributed by atoms with van der Waals surface area (Å²) in [6, 6.07) is -0.463. The third-order valence-corrected chi connectivity index (χ3v) is 1.12. The van der Waals surface area contributed by atoms with Gasteiger partial charge in [0.2, 0.25) is 0 Å². The van der Waals surface area contributed by atoms with Crippen molar-refractivity contribution in [2.45, 2.75) is 19.4 Å². The van der Waals surface area contributed by atoms with Gasteiger partial charge in [0.1, 0.15) is 6.04 Å². The Morgan fingerprint density at radius 1 is 1.70 bits per heavy atom. The largest absolute Gasteiger partial charge is 0.480 e. The van der Waals surface area contributed by atoms with E-state index in [-0.39, 0.29) is 0 Å². The number of hydrogen-bond acceptors (Lipinski definition) is 3. The lowest BCUT2D eigenvalue weighted by Crippen LogP contribution is -2.44. The molecule has 10 heavy (non-hydrogen) atoms. The minimum Gasteiger partial charge on any atom is -0.480 e. The van der Waals surface area contributed by atoms with Crippen LogP contribution in [-0.2, 0) is 4.79 Å². The number of rotatable bonds is 4. The van der Waals surface area contributed by atoms with Gasteiger partial charge in [0.25, 0.3) is 0 Å². The summed E-state index contributed by atoms with van der Waals surface area (Å²) in [7, 11) is 3.54. The second-order valence-corrected chi connectivity index (χ2v) is 2.32. The van der Waals surface area contributed by atoms with E-state index in [0.29, 0.717) is 6.42 Å². The predicted octanol–water partition coefficient (Wildman–Crippen LogP) is -0.0842. The van der Waals surface area contributed by atoms with Gasteiger partial charge in [-0.1, -0.05) is 6.92 Å². The van der Waals surface area contributed by atoms with Gasteiger partial charge in [-0.15, -0.1) is 0 Å². The van der Waals surface area contributed by atoms with Gasteiger partial charge in [-0.2, -0.15) is 0 Å². The molecule has 1 unspecified atom stereocenters. The van der Waals surface area contributed by atoms with Crippen molar-refractivity contribution in [3.8, 4) is 0 Å². The topological polar surface area (TPSA) is 52.6 Å². The molecule has 0 aliphatic rings. The molecule has 0 aromatic rings. The molecular weight excluding hydrogens is 132 g/mol. The fraction of sp³-hybridized carbons (Fsp3) is 0.833. The van der Waals surface area contributed by atoms with Crippen LogP contribution in [0.1, 0.15) is 13.3 Å². The monoisotopic (exact) mass is 146 g/mol. The van der Waals surface area contributed by atoms with E-state index in [1.54, 1.807) is 19.1 Å². The number of hydrogen-bond donors (Lipinski definition) is 2. The van der Waals surface area contributed by atoms with Crippen LogP contribution < -0.4 is 5.43 Å². The average Bonchev–Trinajstić information content (AvgIpc) is 1.81. The number of aliphatic carboxylic acids is 1. The maximum absolute atomic E-state index is 10.4. The second-order valence-electron chi connectivity index (χ2n) is 2.32. The number of carboxylic acid groups (broad SMARTS) is 1. The number of hydrazine groups is 1. The van der Waals surface area contributed by atoms with Gasteiger partial charge in [-0.25, -0.2) is 10.4 Å². The molecule has 4 nitrogen and oxygen atoms in total. The van der Waals surface area contributed by atoms with Crippen LogP contribution in [0.25, 0.3) is 0 Å². The van der Waals surface area contributed by atoms with Gasteiger partial charge in [0, 0.05) is 14.1 Å². The Labute approximate surface area is 60.8 Å². The average molecular weight is 146 g/mol. The minimum atomic E-state index is -0.809. The van der Waals surface area contributed by atoms with E-state index >= 15 is 0 Å². The molecule has 2 N–H and O–H groups in total. The lowest BCUT2D eigenvalue weighted by Gasteiger charge is -2.17. The summed E-state index contributed by atoms with van der Waals surface area (Å²) in [5.74, 6) is -0.809. The zero-order valence-corrected chi connectivity index (χ0v) is 6.59. The molecule has 0 heterocycles. The van der Waals surface area contributed by atoms with Gasteiger partial charge in [-0.05, 0) is 6.42 Å². The van der Waals surface area contributed by atoms with Crippen LogP contribution in [-0.4, -0.2) is 36.2 Å². The van der Waals surface area contributed by atoms with Crippen molar-refractivity contribution < 1.29 is 9.90 Å². The van der Waals surface area contributed by atoms with Crippen molar-refractivity contribution in [1.82, 2.24) is 10.4 Å². The van der Waals surface area contributed by atoms with Gasteiger partial charge in [-0.3, -0.25) is 4.79 Å². The highest BCUT2D eigenvalue weighted by molar-refractivity contribution is 5.73. The van der Waals surface area contributed by atoms with Crippen LogP contribution in [0.15, 0.2) is 0 Å². The number of carbonyl (C=O) groups is 1. The fourth-order valence-electron chi connectivity index (χ4n) is 0.633. The molecule has 0 saturated carbocycles. The van der Waals surface area contributed by atoms with Gasteiger partial charge >= 0.3 is 5.97 Å². The van der Waals surface area contributed by atoms with Gasteiger partial charge in [0.05, 0.1) is 0 Å². The van der Waals surface area contributed by atoms with Gasteiger partial charge < -0.3 is 5.11 Å². The quantitative estimate of drug-likeness (QED) is 0.544. The van der Waals surface area contributed by atoms with Crippen LogP contribution in [0.2, 0.25) is 0 Å². The Hall–Kier alpha value is -0.610. The van der Waals surface area contributed by atoms with Crippen molar-refractivity contribution >= 4 is 5.97 Å². The van der Waals surface area contributed by atoms with E-state index in [9.17, 15) is 4.79 Å². The summed E-state index contributed by atoms with van der Waals surface area (Å²) in [6.07, 6.45) is 0.591. The fourth-order valence-corrected chi connectivity index (χ4v) is 0.633. The zero-order chi connectivity index (χ0) is 8.15. The molecule has 0 bridgehead atoms. The Bertz CT molecular complexity index is 114. The zero-order valence-electron chi connectivity index (χ0n) is 6.59. The van der Waals surface area contributed by atoms with Crippen molar-refractivity contribution in [3.63, 3.8) is 0 Å². The number of nitrogens with zero attached hydrogens (tertiary/aromatic N) is 1. The lowest BCUT2D eigenvalue weighted by molar-refractivity contribution is -0.140. The first-order valence-electron chi connectivity index (χ1n) is 3.24. The predicted molar refractivity (Wildman–Crippen MR) is 38.5 cm³/mol.